The van der Waals surface area contributed by atoms with Gasteiger partial charge in [0.2, 0.25) is 0 Å². The van der Waals surface area contributed by atoms with Crippen LogP contribution in [0.2, 0.25) is 0 Å². The Morgan fingerprint density at radius 1 is 0.471 bits per heavy atom. The second-order valence-corrected chi connectivity index (χ2v) is 4.62. The van der Waals surface area contributed by atoms with Crippen molar-refractivity contribution in [3.8, 4) is 0 Å². The molecule has 0 saturated heterocycles. The van der Waals surface area contributed by atoms with Gasteiger partial charge in [0.15, 0.2) is 0 Å². The van der Waals surface area contributed by atoms with Crippen LogP contribution in [0.25, 0.3) is 0 Å². The second kappa shape index (κ2) is 12.5. The molecule has 0 aromatic rings. The summed E-state index contributed by atoms with van der Waals surface area (Å²) in [7, 11) is -13.9. The van der Waals surface area contributed by atoms with E-state index < -0.39 is 23.5 Å². The SMILES string of the molecule is O=P(O)(O)O.O=P(O)(O)O.O=P(O)(O)O.[Fe].[LiH]. The van der Waals surface area contributed by atoms with Gasteiger partial charge in [0.1, 0.15) is 0 Å². The number of hydrogen-bond donors (Lipinski definition) is 9. The van der Waals surface area contributed by atoms with Crippen molar-refractivity contribution in [3.63, 3.8) is 0 Å². The predicted octanol–water partition coefficient (Wildman–Crippen LogP) is -3.44. The van der Waals surface area contributed by atoms with E-state index in [2.05, 4.69) is 0 Å². The van der Waals surface area contributed by atoms with Gasteiger partial charge in [-0.05, 0) is 0 Å². The Bertz CT molecular complexity index is 208. The molecule has 0 aliphatic rings. The minimum atomic E-state index is -4.64. The standard InChI is InChI=1S/Fe.Li.3H3O4P.H/c;;3*1-5(2,3)4;/h;;3*(H3,1,2,3,4);. The van der Waals surface area contributed by atoms with E-state index in [0.29, 0.717) is 0 Å². The summed E-state index contributed by atoms with van der Waals surface area (Å²) in [6.45, 7) is 0. The summed E-state index contributed by atoms with van der Waals surface area (Å²) in [6, 6.07) is 0. The summed E-state index contributed by atoms with van der Waals surface area (Å²) < 4.78 is 26.6. The van der Waals surface area contributed by atoms with E-state index in [4.69, 9.17) is 57.7 Å². The van der Waals surface area contributed by atoms with Gasteiger partial charge in [-0.2, -0.15) is 0 Å². The first kappa shape index (κ1) is 31.1. The van der Waals surface area contributed by atoms with Crippen LogP contribution in [0.4, 0.5) is 0 Å². The monoisotopic (exact) mass is 358 g/mol. The Labute approximate surface area is 117 Å². The van der Waals surface area contributed by atoms with Crippen LogP contribution >= 0.6 is 23.5 Å². The number of phosphoric acid groups is 3. The zero-order valence-corrected chi connectivity index (χ0v) is 10.7. The second-order valence-electron chi connectivity index (χ2n) is 1.54. The molecule has 12 nitrogen and oxygen atoms in total. The summed E-state index contributed by atoms with van der Waals surface area (Å²) in [5, 5.41) is 0. The van der Waals surface area contributed by atoms with E-state index in [9.17, 15) is 0 Å². The van der Waals surface area contributed by atoms with Crippen molar-refractivity contribution in [3.05, 3.63) is 0 Å². The van der Waals surface area contributed by atoms with Gasteiger partial charge in [-0.25, -0.2) is 13.7 Å². The molecule has 0 fully saturated rings. The third kappa shape index (κ3) is 1990. The molecule has 17 heteroatoms. The molecule has 0 saturated carbocycles. The Balaban J connectivity index is -0.0000000400. The number of rotatable bonds is 0. The number of hydrogen-bond acceptors (Lipinski definition) is 3. The molecule has 0 aliphatic heterocycles. The fourth-order valence-corrected chi connectivity index (χ4v) is 0. The van der Waals surface area contributed by atoms with Gasteiger partial charge in [0.05, 0.1) is 0 Å². The van der Waals surface area contributed by atoms with Crippen molar-refractivity contribution in [2.75, 3.05) is 0 Å². The van der Waals surface area contributed by atoms with Gasteiger partial charge in [0.25, 0.3) is 0 Å². The van der Waals surface area contributed by atoms with Crippen molar-refractivity contribution in [1.29, 1.82) is 0 Å². The Morgan fingerprint density at radius 3 is 0.471 bits per heavy atom. The third-order valence-corrected chi connectivity index (χ3v) is 0. The molecule has 106 valence electrons. The molecule has 0 rings (SSSR count). The first-order chi connectivity index (χ1) is 6.00. The van der Waals surface area contributed by atoms with Crippen molar-refractivity contribution < 1.29 is 74.8 Å². The average Bonchev–Trinajstić information content (AvgIpc) is 1.41. The molecule has 0 bridgehead atoms. The van der Waals surface area contributed by atoms with Gasteiger partial charge in [-0.15, -0.1) is 0 Å². The molecular weight excluding hydrogens is 348 g/mol. The molecule has 0 unspecified atom stereocenters. The maximum atomic E-state index is 8.88. The summed E-state index contributed by atoms with van der Waals surface area (Å²) in [5.74, 6) is 0. The Kier molecular flexibility index (Phi) is 22.8. The maximum absolute atomic E-state index is 8.88. The van der Waals surface area contributed by atoms with Gasteiger partial charge >= 0.3 is 42.3 Å². The van der Waals surface area contributed by atoms with Crippen LogP contribution in [0.5, 0.6) is 0 Å². The van der Waals surface area contributed by atoms with E-state index in [-0.39, 0.29) is 35.9 Å². The molecule has 0 amide bonds. The zero-order valence-electron chi connectivity index (χ0n) is 6.94. The molecule has 0 spiro atoms. The van der Waals surface area contributed by atoms with Gasteiger partial charge in [-0.1, -0.05) is 0 Å². The van der Waals surface area contributed by atoms with Gasteiger partial charge in [0, 0.05) is 17.1 Å². The molecular formula is H10FeLiO12P3. The van der Waals surface area contributed by atoms with Crippen LogP contribution in [0.1, 0.15) is 0 Å². The summed E-state index contributed by atoms with van der Waals surface area (Å²) >= 11 is 0. The fraction of sp³-hybridized carbons (Fsp3) is 0. The minimum absolute atomic E-state index is 0. The molecule has 17 heavy (non-hydrogen) atoms. The van der Waals surface area contributed by atoms with Crippen LogP contribution < -0.4 is 0 Å². The average molecular weight is 358 g/mol. The molecule has 0 aliphatic carbocycles. The predicted molar refractivity (Wildman–Crippen MR) is 49.9 cm³/mol. The molecule has 9 N–H and O–H groups in total. The van der Waals surface area contributed by atoms with Crippen molar-refractivity contribution in [2.24, 2.45) is 0 Å². The summed E-state index contributed by atoms with van der Waals surface area (Å²) in [6.07, 6.45) is 0. The first-order valence-corrected chi connectivity index (χ1v) is 7.04. The Hall–Kier alpha value is 1.45. The topological polar surface area (TPSA) is 233 Å². The van der Waals surface area contributed by atoms with Gasteiger partial charge < -0.3 is 44.0 Å². The van der Waals surface area contributed by atoms with E-state index in [1.165, 1.54) is 0 Å². The van der Waals surface area contributed by atoms with Crippen LogP contribution in [0, 0.1) is 0 Å². The molecule has 0 radical (unpaired) electrons. The Morgan fingerprint density at radius 2 is 0.471 bits per heavy atom. The van der Waals surface area contributed by atoms with Crippen molar-refractivity contribution >= 4 is 42.3 Å². The van der Waals surface area contributed by atoms with Crippen LogP contribution in [-0.2, 0) is 30.8 Å². The van der Waals surface area contributed by atoms with E-state index >= 15 is 0 Å². The summed E-state index contributed by atoms with van der Waals surface area (Å²) in [5.41, 5.74) is 0. The van der Waals surface area contributed by atoms with Crippen LogP contribution in [0.15, 0.2) is 0 Å². The molecule has 0 aromatic carbocycles. The van der Waals surface area contributed by atoms with Gasteiger partial charge in [-0.3, -0.25) is 0 Å². The van der Waals surface area contributed by atoms with E-state index in [1.807, 2.05) is 0 Å². The quantitative estimate of drug-likeness (QED) is 0.152. The van der Waals surface area contributed by atoms with Crippen LogP contribution in [-0.4, -0.2) is 62.9 Å². The van der Waals surface area contributed by atoms with Crippen molar-refractivity contribution in [1.82, 2.24) is 0 Å². The third-order valence-electron chi connectivity index (χ3n) is 0. The fourth-order valence-electron chi connectivity index (χ4n) is 0. The van der Waals surface area contributed by atoms with Crippen LogP contribution in [0.3, 0.4) is 0 Å². The molecule has 0 heterocycles. The molecule has 0 atom stereocenters. The molecule has 0 aromatic heterocycles. The van der Waals surface area contributed by atoms with Crippen molar-refractivity contribution in [2.45, 2.75) is 0 Å². The zero-order chi connectivity index (χ0) is 13.5. The van der Waals surface area contributed by atoms with E-state index in [0.717, 1.165) is 0 Å². The normalized spacial score (nSPS) is 10.4. The van der Waals surface area contributed by atoms with E-state index in [1.54, 1.807) is 0 Å². The first-order valence-electron chi connectivity index (χ1n) is 2.35. The summed E-state index contributed by atoms with van der Waals surface area (Å²) in [4.78, 5) is 64.7.